The highest BCUT2D eigenvalue weighted by molar-refractivity contribution is 5.81. The average molecular weight is 339 g/mol. The van der Waals surface area contributed by atoms with Crippen molar-refractivity contribution in [2.45, 2.75) is 58.3 Å². The maximum Gasteiger partial charge on any atom is 0.237 e. The number of carbonyl (C=O) groups excluding carboxylic acids is 1. The van der Waals surface area contributed by atoms with E-state index in [0.717, 1.165) is 50.5 Å². The maximum atomic E-state index is 12.6. The molecule has 0 saturated carbocycles. The number of aryl methyl sites for hydroxylation is 1. The maximum absolute atomic E-state index is 12.6. The highest BCUT2D eigenvalue weighted by atomic mass is 16.2. The number of hydrogen-bond donors (Lipinski definition) is 1. The Kier molecular flexibility index (Phi) is 4.53. The number of benzene rings is 1. The minimum atomic E-state index is -0.142. The van der Waals surface area contributed by atoms with Gasteiger partial charge < -0.3 is 9.88 Å². The van der Waals surface area contributed by atoms with E-state index in [4.69, 9.17) is 0 Å². The summed E-state index contributed by atoms with van der Waals surface area (Å²) in [5.74, 6) is 1.99. The minimum absolute atomic E-state index is 0.0625. The topological polar surface area (TPSA) is 63.1 Å². The van der Waals surface area contributed by atoms with Crippen molar-refractivity contribution in [3.63, 3.8) is 0 Å². The first-order chi connectivity index (χ1) is 12.2. The van der Waals surface area contributed by atoms with E-state index in [0.29, 0.717) is 6.54 Å². The molecule has 1 atom stereocenters. The largest absolute Gasteiger partial charge is 0.347 e. The van der Waals surface area contributed by atoms with E-state index in [9.17, 15) is 4.79 Å². The summed E-state index contributed by atoms with van der Waals surface area (Å²) in [4.78, 5) is 14.9. The van der Waals surface area contributed by atoms with Crippen LogP contribution in [0.3, 0.4) is 0 Å². The molecule has 2 aliphatic rings. The summed E-state index contributed by atoms with van der Waals surface area (Å²) in [6.45, 7) is 5.17. The zero-order valence-electron chi connectivity index (χ0n) is 14.7. The number of nitrogens with zero attached hydrogens (tertiary/aromatic N) is 4. The van der Waals surface area contributed by atoms with Gasteiger partial charge in [-0.3, -0.25) is 9.69 Å². The molecule has 4 rings (SSSR count). The molecule has 0 saturated heterocycles. The van der Waals surface area contributed by atoms with Gasteiger partial charge in [-0.2, -0.15) is 0 Å². The second kappa shape index (κ2) is 6.96. The van der Waals surface area contributed by atoms with Gasteiger partial charge in [-0.15, -0.1) is 10.2 Å². The van der Waals surface area contributed by atoms with Crippen LogP contribution in [0.1, 0.15) is 42.5 Å². The van der Waals surface area contributed by atoms with Crippen LogP contribution in [0.2, 0.25) is 0 Å². The average Bonchev–Trinajstić information content (AvgIpc) is 3.08. The van der Waals surface area contributed by atoms with Gasteiger partial charge in [-0.25, -0.2) is 0 Å². The zero-order chi connectivity index (χ0) is 17.2. The second-order valence-electron chi connectivity index (χ2n) is 7.02. The quantitative estimate of drug-likeness (QED) is 0.920. The molecule has 0 unspecified atom stereocenters. The number of amides is 1. The van der Waals surface area contributed by atoms with E-state index < -0.39 is 0 Å². The summed E-state index contributed by atoms with van der Waals surface area (Å²) >= 11 is 0. The minimum Gasteiger partial charge on any atom is -0.347 e. The van der Waals surface area contributed by atoms with E-state index in [1.54, 1.807) is 0 Å². The van der Waals surface area contributed by atoms with Crippen LogP contribution in [0.15, 0.2) is 24.3 Å². The third-order valence-corrected chi connectivity index (χ3v) is 5.44. The third-order valence-electron chi connectivity index (χ3n) is 5.44. The van der Waals surface area contributed by atoms with Crippen molar-refractivity contribution in [1.29, 1.82) is 0 Å². The molecular formula is C19H25N5O. The summed E-state index contributed by atoms with van der Waals surface area (Å²) in [5.41, 5.74) is 2.74. The first-order valence-corrected chi connectivity index (χ1v) is 9.22. The van der Waals surface area contributed by atoms with Gasteiger partial charge in [0.15, 0.2) is 5.82 Å². The van der Waals surface area contributed by atoms with Crippen LogP contribution in [0.4, 0.5) is 0 Å². The number of rotatable bonds is 4. The summed E-state index contributed by atoms with van der Waals surface area (Å²) < 4.78 is 2.16. The van der Waals surface area contributed by atoms with Gasteiger partial charge >= 0.3 is 0 Å². The second-order valence-corrected chi connectivity index (χ2v) is 7.02. The number of aromatic nitrogens is 3. The Labute approximate surface area is 148 Å². The van der Waals surface area contributed by atoms with Gasteiger partial charge in [0.05, 0.1) is 12.6 Å². The van der Waals surface area contributed by atoms with Gasteiger partial charge in [0, 0.05) is 26.1 Å². The predicted octanol–water partition coefficient (Wildman–Crippen LogP) is 1.68. The molecule has 6 nitrogen and oxygen atoms in total. The fraction of sp³-hybridized carbons (Fsp3) is 0.526. The van der Waals surface area contributed by atoms with E-state index in [1.165, 1.54) is 17.5 Å². The highest BCUT2D eigenvalue weighted by Crippen LogP contribution is 2.20. The van der Waals surface area contributed by atoms with E-state index >= 15 is 0 Å². The molecule has 25 heavy (non-hydrogen) atoms. The molecule has 1 N–H and O–H groups in total. The molecule has 1 aromatic carbocycles. The SMILES string of the molecule is C[C@@H](C(=O)NCc1nnc2n1CCCC2)N1CCc2ccccc2C1. The molecule has 0 aliphatic carbocycles. The Bertz CT molecular complexity index is 769. The molecule has 0 bridgehead atoms. The zero-order valence-corrected chi connectivity index (χ0v) is 14.7. The molecule has 0 radical (unpaired) electrons. The number of nitrogens with one attached hydrogen (secondary N) is 1. The molecule has 0 spiro atoms. The summed E-state index contributed by atoms with van der Waals surface area (Å²) in [6.07, 6.45) is 4.34. The van der Waals surface area contributed by atoms with Gasteiger partial charge in [-0.1, -0.05) is 24.3 Å². The highest BCUT2D eigenvalue weighted by Gasteiger charge is 2.25. The summed E-state index contributed by atoms with van der Waals surface area (Å²) in [6, 6.07) is 8.36. The van der Waals surface area contributed by atoms with Crippen molar-refractivity contribution >= 4 is 5.91 Å². The summed E-state index contributed by atoms with van der Waals surface area (Å²) in [5, 5.41) is 11.6. The normalized spacial score (nSPS) is 18.3. The molecule has 1 aromatic heterocycles. The molecule has 2 aromatic rings. The van der Waals surface area contributed by atoms with E-state index in [-0.39, 0.29) is 11.9 Å². The van der Waals surface area contributed by atoms with E-state index in [1.807, 2.05) is 6.92 Å². The molecule has 0 fully saturated rings. The van der Waals surface area contributed by atoms with Crippen LogP contribution in [0, 0.1) is 0 Å². The van der Waals surface area contributed by atoms with Crippen LogP contribution < -0.4 is 5.32 Å². The fourth-order valence-corrected chi connectivity index (χ4v) is 3.83. The molecular weight excluding hydrogens is 314 g/mol. The molecule has 2 aliphatic heterocycles. The van der Waals surface area contributed by atoms with E-state index in [2.05, 4.69) is 49.2 Å². The van der Waals surface area contributed by atoms with Crippen LogP contribution in [-0.4, -0.2) is 38.2 Å². The molecule has 1 amide bonds. The lowest BCUT2D eigenvalue weighted by Crippen LogP contribution is -2.47. The Morgan fingerprint density at radius 3 is 2.88 bits per heavy atom. The third kappa shape index (κ3) is 3.31. The van der Waals surface area contributed by atoms with Crippen LogP contribution >= 0.6 is 0 Å². The van der Waals surface area contributed by atoms with Gasteiger partial charge in [0.25, 0.3) is 0 Å². The first kappa shape index (κ1) is 16.3. The van der Waals surface area contributed by atoms with Gasteiger partial charge in [0.2, 0.25) is 5.91 Å². The Morgan fingerprint density at radius 2 is 2.00 bits per heavy atom. The number of fused-ring (bicyclic) bond motifs is 2. The molecule has 3 heterocycles. The monoisotopic (exact) mass is 339 g/mol. The summed E-state index contributed by atoms with van der Waals surface area (Å²) in [7, 11) is 0. The van der Waals surface area contributed by atoms with Crippen molar-refractivity contribution < 1.29 is 4.79 Å². The lowest BCUT2D eigenvalue weighted by Gasteiger charge is -2.32. The van der Waals surface area contributed by atoms with Crippen LogP contribution in [0.5, 0.6) is 0 Å². The fourth-order valence-electron chi connectivity index (χ4n) is 3.83. The smallest absolute Gasteiger partial charge is 0.237 e. The predicted molar refractivity (Wildman–Crippen MR) is 94.8 cm³/mol. The van der Waals surface area contributed by atoms with Gasteiger partial charge in [-0.05, 0) is 37.3 Å². The van der Waals surface area contributed by atoms with Crippen molar-refractivity contribution in [3.8, 4) is 0 Å². The van der Waals surface area contributed by atoms with Crippen molar-refractivity contribution in [1.82, 2.24) is 25.0 Å². The Balaban J connectivity index is 1.36. The van der Waals surface area contributed by atoms with Crippen molar-refractivity contribution in [3.05, 3.63) is 47.0 Å². The van der Waals surface area contributed by atoms with Crippen molar-refractivity contribution in [2.24, 2.45) is 0 Å². The lowest BCUT2D eigenvalue weighted by atomic mass is 9.99. The Morgan fingerprint density at radius 1 is 1.16 bits per heavy atom. The van der Waals surface area contributed by atoms with Gasteiger partial charge in [0.1, 0.15) is 5.82 Å². The number of carbonyl (C=O) groups is 1. The standard InChI is InChI=1S/C19H25N5O/c1-14(23-11-9-15-6-2-3-7-16(15)13-23)19(25)20-12-18-22-21-17-8-4-5-10-24(17)18/h2-3,6-7,14H,4-5,8-13H2,1H3,(H,20,25)/t14-/m0/s1. The number of hydrogen-bond acceptors (Lipinski definition) is 4. The molecule has 132 valence electrons. The van der Waals surface area contributed by atoms with Crippen LogP contribution in [0.25, 0.3) is 0 Å². The lowest BCUT2D eigenvalue weighted by molar-refractivity contribution is -0.126. The van der Waals surface area contributed by atoms with Crippen molar-refractivity contribution in [2.75, 3.05) is 6.54 Å². The molecule has 6 heteroatoms. The first-order valence-electron chi connectivity index (χ1n) is 9.22. The van der Waals surface area contributed by atoms with Crippen LogP contribution in [-0.2, 0) is 37.3 Å². The Hall–Kier alpha value is -2.21.